The highest BCUT2D eigenvalue weighted by atomic mass is 16.4. The van der Waals surface area contributed by atoms with Gasteiger partial charge in [-0.05, 0) is 13.3 Å². The van der Waals surface area contributed by atoms with Gasteiger partial charge in [-0.15, -0.1) is 0 Å². The second kappa shape index (κ2) is 5.08. The van der Waals surface area contributed by atoms with Gasteiger partial charge in [-0.1, -0.05) is 10.3 Å². The van der Waals surface area contributed by atoms with Crippen LogP contribution >= 0.6 is 0 Å². The van der Waals surface area contributed by atoms with Gasteiger partial charge in [-0.3, -0.25) is 0 Å². The molecule has 0 saturated heterocycles. The minimum absolute atomic E-state index is 0.479. The van der Waals surface area contributed by atoms with Gasteiger partial charge in [-0.2, -0.15) is 0 Å². The smallest absolute Gasteiger partial charge is 0.105 e. The predicted molar refractivity (Wildman–Crippen MR) is 33.4 cm³/mol. The van der Waals surface area contributed by atoms with Crippen LogP contribution in [0.25, 0.3) is 0 Å². The zero-order chi connectivity index (χ0) is 7.11. The Morgan fingerprint density at radius 2 is 2.22 bits per heavy atom. The number of rotatable bonds is 3. The van der Waals surface area contributed by atoms with Crippen molar-refractivity contribution in [3.63, 3.8) is 0 Å². The van der Waals surface area contributed by atoms with Crippen molar-refractivity contribution >= 4 is 11.9 Å². The first-order valence-corrected chi connectivity index (χ1v) is 2.55. The van der Waals surface area contributed by atoms with Crippen LogP contribution in [0, 0.1) is 0 Å². The Hall–Kier alpha value is -1.06. The van der Waals surface area contributed by atoms with E-state index in [4.69, 9.17) is 10.4 Å². The molecule has 0 fully saturated rings. The first kappa shape index (κ1) is 7.94. The third kappa shape index (κ3) is 4.80. The molecule has 0 spiro atoms. The van der Waals surface area contributed by atoms with Crippen molar-refractivity contribution in [2.75, 3.05) is 0 Å². The molecule has 0 aromatic rings. The molecule has 0 amide bonds. The number of hydrogen-bond donors (Lipinski definition) is 2. The van der Waals surface area contributed by atoms with Crippen LogP contribution in [0.15, 0.2) is 10.3 Å². The molecule has 4 nitrogen and oxygen atoms in total. The molecule has 51 valence electrons. The second-order valence-corrected chi connectivity index (χ2v) is 1.59. The van der Waals surface area contributed by atoms with Crippen molar-refractivity contribution in [2.45, 2.75) is 19.8 Å². The third-order valence-corrected chi connectivity index (χ3v) is 0.840. The van der Waals surface area contributed by atoms with Crippen LogP contribution in [0.4, 0.5) is 0 Å². The van der Waals surface area contributed by atoms with Gasteiger partial charge in [0.25, 0.3) is 0 Å². The Bertz CT molecular complexity index is 120. The molecule has 0 aliphatic heterocycles. The summed E-state index contributed by atoms with van der Waals surface area (Å²) in [6, 6.07) is 0. The van der Waals surface area contributed by atoms with Crippen molar-refractivity contribution in [1.29, 1.82) is 0 Å². The van der Waals surface area contributed by atoms with Crippen LogP contribution in [0.5, 0.6) is 0 Å². The highest BCUT2D eigenvalue weighted by Gasteiger charge is 1.88. The Kier molecular flexibility index (Phi) is 4.49. The molecule has 1 radical (unpaired) electrons. The Labute approximate surface area is 53.5 Å². The highest BCUT2D eigenvalue weighted by molar-refractivity contribution is 5.83. The maximum atomic E-state index is 8.10. The van der Waals surface area contributed by atoms with Crippen LogP contribution in [0.2, 0.25) is 0 Å². The lowest BCUT2D eigenvalue weighted by molar-refractivity contribution is 0.316. The van der Waals surface area contributed by atoms with Crippen molar-refractivity contribution in [3.05, 3.63) is 0 Å². The zero-order valence-electron chi connectivity index (χ0n) is 5.20. The molecule has 0 aromatic heterocycles. The SMILES string of the molecule is CC(CC[C]=NO)=NO. The fourth-order valence-corrected chi connectivity index (χ4v) is 0.337. The van der Waals surface area contributed by atoms with Gasteiger partial charge in [0.05, 0.1) is 5.71 Å². The van der Waals surface area contributed by atoms with E-state index in [1.54, 1.807) is 6.92 Å². The summed E-state index contributed by atoms with van der Waals surface area (Å²) in [5.74, 6) is 0. The quantitative estimate of drug-likeness (QED) is 0.338. The normalized spacial score (nSPS) is 12.8. The molecule has 0 bridgehead atoms. The number of oxime groups is 1. The Balaban J connectivity index is 3.28. The monoisotopic (exact) mass is 129 g/mol. The summed E-state index contributed by atoms with van der Waals surface area (Å²) in [5, 5.41) is 21.5. The molecule has 0 unspecified atom stereocenters. The molecule has 0 aliphatic rings. The molecule has 0 atom stereocenters. The number of nitrogens with zero attached hydrogens (tertiary/aromatic N) is 2. The first-order chi connectivity index (χ1) is 4.31. The summed E-state index contributed by atoms with van der Waals surface area (Å²) < 4.78 is 0. The summed E-state index contributed by atoms with van der Waals surface area (Å²) in [7, 11) is 0. The Morgan fingerprint density at radius 3 is 2.67 bits per heavy atom. The molecular formula is C5H9N2O2. The molecule has 9 heavy (non-hydrogen) atoms. The van der Waals surface area contributed by atoms with Crippen molar-refractivity contribution in [1.82, 2.24) is 0 Å². The van der Waals surface area contributed by atoms with Crippen molar-refractivity contribution < 1.29 is 10.4 Å². The molecular weight excluding hydrogens is 120 g/mol. The van der Waals surface area contributed by atoms with E-state index in [9.17, 15) is 0 Å². The molecule has 0 saturated carbocycles. The van der Waals surface area contributed by atoms with Crippen LogP contribution in [0.3, 0.4) is 0 Å². The van der Waals surface area contributed by atoms with Crippen LogP contribution in [0.1, 0.15) is 19.8 Å². The fourth-order valence-electron chi connectivity index (χ4n) is 0.337. The molecule has 0 aromatic carbocycles. The van der Waals surface area contributed by atoms with E-state index in [-0.39, 0.29) is 0 Å². The van der Waals surface area contributed by atoms with E-state index in [2.05, 4.69) is 16.5 Å². The van der Waals surface area contributed by atoms with Crippen molar-refractivity contribution in [2.24, 2.45) is 10.3 Å². The largest absolute Gasteiger partial charge is 0.411 e. The summed E-state index contributed by atoms with van der Waals surface area (Å²) in [4.78, 5) is 0. The summed E-state index contributed by atoms with van der Waals surface area (Å²) >= 11 is 0. The van der Waals surface area contributed by atoms with Crippen molar-refractivity contribution in [3.8, 4) is 0 Å². The molecule has 0 rings (SSSR count). The lowest BCUT2D eigenvalue weighted by Crippen LogP contribution is -1.90. The average molecular weight is 129 g/mol. The van der Waals surface area contributed by atoms with E-state index >= 15 is 0 Å². The zero-order valence-corrected chi connectivity index (χ0v) is 5.20. The molecule has 2 N–H and O–H groups in total. The van der Waals surface area contributed by atoms with Gasteiger partial charge >= 0.3 is 0 Å². The van der Waals surface area contributed by atoms with Gasteiger partial charge in [0, 0.05) is 6.42 Å². The number of hydrogen-bond acceptors (Lipinski definition) is 4. The Morgan fingerprint density at radius 1 is 1.56 bits per heavy atom. The summed E-state index contributed by atoms with van der Waals surface area (Å²) in [6.07, 6.45) is 3.35. The van der Waals surface area contributed by atoms with Gasteiger partial charge in [0.15, 0.2) is 0 Å². The molecule has 4 heteroatoms. The summed E-state index contributed by atoms with van der Waals surface area (Å²) in [6.45, 7) is 1.68. The van der Waals surface area contributed by atoms with E-state index in [1.807, 2.05) is 0 Å². The average Bonchev–Trinajstić information content (AvgIpc) is 1.89. The predicted octanol–water partition coefficient (Wildman–Crippen LogP) is 0.954. The second-order valence-electron chi connectivity index (χ2n) is 1.59. The van der Waals surface area contributed by atoms with Crippen LogP contribution in [-0.4, -0.2) is 22.3 Å². The first-order valence-electron chi connectivity index (χ1n) is 2.55. The van der Waals surface area contributed by atoms with E-state index in [0.29, 0.717) is 18.6 Å². The van der Waals surface area contributed by atoms with Gasteiger partial charge in [0.1, 0.15) is 6.21 Å². The maximum Gasteiger partial charge on any atom is 0.105 e. The van der Waals surface area contributed by atoms with E-state index < -0.39 is 0 Å². The van der Waals surface area contributed by atoms with E-state index in [0.717, 1.165) is 0 Å². The van der Waals surface area contributed by atoms with Gasteiger partial charge in [0.2, 0.25) is 0 Å². The standard InChI is InChI=1S/C5H9N2O2/c1-5(7-9)3-2-4-6-8/h8-9H,2-3H2,1H3. The summed E-state index contributed by atoms with van der Waals surface area (Å²) in [5.41, 5.74) is 0.603. The lowest BCUT2D eigenvalue weighted by atomic mass is 10.2. The minimum Gasteiger partial charge on any atom is -0.411 e. The fraction of sp³-hybridized carbons (Fsp3) is 0.600. The van der Waals surface area contributed by atoms with Crippen LogP contribution in [-0.2, 0) is 0 Å². The van der Waals surface area contributed by atoms with Gasteiger partial charge < -0.3 is 10.4 Å². The lowest BCUT2D eigenvalue weighted by Gasteiger charge is -1.88. The minimum atomic E-state index is 0.479. The van der Waals surface area contributed by atoms with E-state index in [1.165, 1.54) is 0 Å². The maximum absolute atomic E-state index is 8.10. The molecule has 0 heterocycles. The third-order valence-electron chi connectivity index (χ3n) is 0.840. The topological polar surface area (TPSA) is 65.2 Å². The molecule has 0 aliphatic carbocycles. The van der Waals surface area contributed by atoms with Crippen LogP contribution < -0.4 is 0 Å². The van der Waals surface area contributed by atoms with Gasteiger partial charge in [-0.25, -0.2) is 0 Å². The highest BCUT2D eigenvalue weighted by Crippen LogP contribution is 1.88.